The maximum absolute atomic E-state index is 9.17. The molecule has 1 N–H and O–H groups in total. The molecule has 1 nitrogen and oxygen atoms in total. The molecule has 0 unspecified atom stereocenters. The van der Waals surface area contributed by atoms with Crippen LogP contribution in [0.2, 0.25) is 0 Å². The molecular weight excluding hydrogens is 112 g/mol. The van der Waals surface area contributed by atoms with Gasteiger partial charge in [0.25, 0.3) is 0 Å². The van der Waals surface area contributed by atoms with Crippen LogP contribution in [0.3, 0.4) is 0 Å². The summed E-state index contributed by atoms with van der Waals surface area (Å²) in [6.45, 7) is 7.22. The van der Waals surface area contributed by atoms with Crippen molar-refractivity contribution >= 4 is 0 Å². The summed E-state index contributed by atoms with van der Waals surface area (Å²) in [7, 11) is 0. The van der Waals surface area contributed by atoms with Crippen LogP contribution in [0, 0.1) is 6.92 Å². The molecule has 0 aliphatic carbocycles. The Hall–Kier alpha value is -0.300. The minimum absolute atomic E-state index is 0.564. The lowest BCUT2D eigenvalue weighted by Crippen LogP contribution is -2.16. The lowest BCUT2D eigenvalue weighted by atomic mass is 10.1. The number of rotatable bonds is 3. The van der Waals surface area contributed by atoms with Crippen LogP contribution >= 0.6 is 0 Å². The van der Waals surface area contributed by atoms with Crippen LogP contribution in [0.15, 0.2) is 12.2 Å². The Morgan fingerprint density at radius 1 is 1.44 bits per heavy atom. The highest BCUT2D eigenvalue weighted by Crippen LogP contribution is 2.07. The van der Waals surface area contributed by atoms with Crippen molar-refractivity contribution in [3.63, 3.8) is 0 Å². The van der Waals surface area contributed by atoms with Gasteiger partial charge in [0, 0.05) is 0 Å². The van der Waals surface area contributed by atoms with E-state index < -0.39 is 5.60 Å². The Morgan fingerprint density at radius 3 is 2.33 bits per heavy atom. The summed E-state index contributed by atoms with van der Waals surface area (Å²) in [6.07, 6.45) is 5.42. The molecule has 0 aliphatic rings. The third kappa shape index (κ3) is 7.70. The highest BCUT2D eigenvalue weighted by Gasteiger charge is 2.07. The Kier molecular flexibility index (Phi) is 3.55. The van der Waals surface area contributed by atoms with Gasteiger partial charge in [-0.3, -0.25) is 0 Å². The topological polar surface area (TPSA) is 20.2 Å². The van der Waals surface area contributed by atoms with E-state index in [9.17, 15) is 5.11 Å². The van der Waals surface area contributed by atoms with E-state index in [-0.39, 0.29) is 0 Å². The predicted octanol–water partition coefficient (Wildman–Crippen LogP) is 1.93. The highest BCUT2D eigenvalue weighted by atomic mass is 16.3. The summed E-state index contributed by atoms with van der Waals surface area (Å²) in [5.74, 6) is 0. The Balaban J connectivity index is 3.38. The molecule has 0 rings (SSSR count). The standard InChI is InChI=1S/C8H15O/c1-4-5-6-7-8(2,3)9/h5-6,9H,1,4,7H2,2-3H3. The molecule has 0 saturated heterocycles. The predicted molar refractivity (Wildman–Crippen MR) is 40.0 cm³/mol. The zero-order valence-electron chi connectivity index (χ0n) is 6.22. The van der Waals surface area contributed by atoms with Crippen molar-refractivity contribution in [1.82, 2.24) is 0 Å². The van der Waals surface area contributed by atoms with Crippen molar-refractivity contribution in [3.05, 3.63) is 19.1 Å². The van der Waals surface area contributed by atoms with Gasteiger partial charge in [-0.1, -0.05) is 12.2 Å². The molecule has 53 valence electrons. The van der Waals surface area contributed by atoms with E-state index in [1.165, 1.54) is 0 Å². The van der Waals surface area contributed by atoms with E-state index in [1.54, 1.807) is 13.8 Å². The lowest BCUT2D eigenvalue weighted by molar-refractivity contribution is 0.0838. The molecule has 9 heavy (non-hydrogen) atoms. The van der Waals surface area contributed by atoms with Crippen molar-refractivity contribution in [2.45, 2.75) is 32.3 Å². The third-order valence-corrected chi connectivity index (χ3v) is 0.951. The minimum atomic E-state index is -0.564. The van der Waals surface area contributed by atoms with E-state index in [4.69, 9.17) is 0 Å². The molecule has 1 radical (unpaired) electrons. The molecule has 0 aromatic rings. The average Bonchev–Trinajstić information content (AvgIpc) is 1.63. The van der Waals surface area contributed by atoms with Crippen molar-refractivity contribution in [3.8, 4) is 0 Å². The van der Waals surface area contributed by atoms with Crippen LogP contribution in [0.5, 0.6) is 0 Å². The monoisotopic (exact) mass is 127 g/mol. The molecule has 1 heteroatoms. The Bertz CT molecular complexity index is 87.2. The van der Waals surface area contributed by atoms with Gasteiger partial charge in [-0.25, -0.2) is 0 Å². The van der Waals surface area contributed by atoms with Gasteiger partial charge >= 0.3 is 0 Å². The van der Waals surface area contributed by atoms with E-state index in [0.29, 0.717) is 6.42 Å². The normalized spacial score (nSPS) is 12.9. The molecule has 0 heterocycles. The summed E-state index contributed by atoms with van der Waals surface area (Å²) < 4.78 is 0. The van der Waals surface area contributed by atoms with E-state index in [0.717, 1.165) is 6.42 Å². The molecule has 0 saturated carbocycles. The van der Waals surface area contributed by atoms with Crippen LogP contribution in [0.25, 0.3) is 0 Å². The van der Waals surface area contributed by atoms with Gasteiger partial charge in [0.2, 0.25) is 0 Å². The first-order valence-electron chi connectivity index (χ1n) is 3.23. The van der Waals surface area contributed by atoms with Gasteiger partial charge in [0.1, 0.15) is 0 Å². The summed E-state index contributed by atoms with van der Waals surface area (Å²) in [6, 6.07) is 0. The minimum Gasteiger partial charge on any atom is -0.390 e. The first-order valence-corrected chi connectivity index (χ1v) is 3.23. The molecule has 0 aromatic heterocycles. The maximum atomic E-state index is 9.17. The molecule has 0 aliphatic heterocycles. The SMILES string of the molecule is [CH2]CC=CCC(C)(C)O. The first-order chi connectivity index (χ1) is 4.06. The second-order valence-corrected chi connectivity index (χ2v) is 2.78. The van der Waals surface area contributed by atoms with E-state index in [2.05, 4.69) is 6.92 Å². The van der Waals surface area contributed by atoms with Gasteiger partial charge < -0.3 is 5.11 Å². The van der Waals surface area contributed by atoms with Crippen molar-refractivity contribution < 1.29 is 5.11 Å². The second kappa shape index (κ2) is 3.67. The maximum Gasteiger partial charge on any atom is 0.0626 e. The van der Waals surface area contributed by atoms with Gasteiger partial charge in [0.15, 0.2) is 0 Å². The fourth-order valence-corrected chi connectivity index (χ4v) is 0.490. The zero-order chi connectivity index (χ0) is 7.33. The van der Waals surface area contributed by atoms with Gasteiger partial charge in [0.05, 0.1) is 5.60 Å². The van der Waals surface area contributed by atoms with E-state index in [1.807, 2.05) is 12.2 Å². The van der Waals surface area contributed by atoms with Crippen LogP contribution in [-0.4, -0.2) is 10.7 Å². The molecule has 0 bridgehead atoms. The van der Waals surface area contributed by atoms with Gasteiger partial charge in [-0.05, 0) is 33.6 Å². The van der Waals surface area contributed by atoms with Crippen LogP contribution in [-0.2, 0) is 0 Å². The highest BCUT2D eigenvalue weighted by molar-refractivity contribution is 4.87. The molecule has 0 spiro atoms. The fraction of sp³-hybridized carbons (Fsp3) is 0.625. The van der Waals surface area contributed by atoms with Crippen LogP contribution < -0.4 is 0 Å². The first kappa shape index (κ1) is 8.70. The zero-order valence-corrected chi connectivity index (χ0v) is 6.22. The van der Waals surface area contributed by atoms with Gasteiger partial charge in [-0.15, -0.1) is 0 Å². The number of aliphatic hydroxyl groups is 1. The number of allylic oxidation sites excluding steroid dienone is 1. The Labute approximate surface area is 57.4 Å². The molecule has 0 aromatic carbocycles. The average molecular weight is 127 g/mol. The van der Waals surface area contributed by atoms with Crippen molar-refractivity contribution in [2.75, 3.05) is 0 Å². The summed E-state index contributed by atoms with van der Waals surface area (Å²) >= 11 is 0. The van der Waals surface area contributed by atoms with Crippen molar-refractivity contribution in [2.24, 2.45) is 0 Å². The summed E-state index contributed by atoms with van der Waals surface area (Å²) in [4.78, 5) is 0. The molecule has 0 fully saturated rings. The number of hydrogen-bond donors (Lipinski definition) is 1. The number of hydrogen-bond acceptors (Lipinski definition) is 1. The van der Waals surface area contributed by atoms with Crippen molar-refractivity contribution in [1.29, 1.82) is 0 Å². The fourth-order valence-electron chi connectivity index (χ4n) is 0.490. The molecule has 0 amide bonds. The smallest absolute Gasteiger partial charge is 0.0626 e. The summed E-state index contributed by atoms with van der Waals surface area (Å²) in [5, 5.41) is 9.17. The summed E-state index contributed by atoms with van der Waals surface area (Å²) in [5.41, 5.74) is -0.564. The molecule has 0 atom stereocenters. The van der Waals surface area contributed by atoms with E-state index >= 15 is 0 Å². The van der Waals surface area contributed by atoms with Crippen LogP contribution in [0.1, 0.15) is 26.7 Å². The second-order valence-electron chi connectivity index (χ2n) is 2.78. The lowest BCUT2D eigenvalue weighted by Gasteiger charge is -2.12. The quantitative estimate of drug-likeness (QED) is 0.574. The third-order valence-electron chi connectivity index (χ3n) is 0.951. The Morgan fingerprint density at radius 2 is 2.00 bits per heavy atom. The van der Waals surface area contributed by atoms with Crippen LogP contribution in [0.4, 0.5) is 0 Å². The van der Waals surface area contributed by atoms with Gasteiger partial charge in [-0.2, -0.15) is 0 Å². The largest absolute Gasteiger partial charge is 0.390 e. The molecular formula is C8H15O.